The van der Waals surface area contributed by atoms with Crippen molar-refractivity contribution < 1.29 is 64.1 Å². The average Bonchev–Trinajstić information content (AvgIpc) is 4.11. The second-order valence-corrected chi connectivity index (χ2v) is 13.7. The number of esters is 2. The van der Waals surface area contributed by atoms with Crippen LogP contribution in [0.3, 0.4) is 0 Å². The van der Waals surface area contributed by atoms with E-state index < -0.39 is 32.9 Å². The first kappa shape index (κ1) is 59.8. The topological polar surface area (TPSA) is 284 Å². The zero-order chi connectivity index (χ0) is 48.6. The van der Waals surface area contributed by atoms with E-state index in [1.165, 1.54) is 62.6 Å². The van der Waals surface area contributed by atoms with Crippen LogP contribution in [-0.4, -0.2) is 147 Å². The minimum absolute atomic E-state index is 0. The minimum atomic E-state index is -0.603. The van der Waals surface area contributed by atoms with Crippen molar-refractivity contribution in [2.45, 2.75) is 83.9 Å². The maximum absolute atomic E-state index is 11.5. The highest BCUT2D eigenvalue weighted by molar-refractivity contribution is 5.82. The summed E-state index contributed by atoms with van der Waals surface area (Å²) in [5.41, 5.74) is 0.410. The van der Waals surface area contributed by atoms with E-state index in [0.717, 1.165) is 32.5 Å². The molecule has 6 unspecified atom stereocenters. The van der Waals surface area contributed by atoms with Gasteiger partial charge >= 0.3 is 19.5 Å². The molecule has 3 aromatic rings. The summed E-state index contributed by atoms with van der Waals surface area (Å²) in [7, 11) is 3.98. The summed E-state index contributed by atoms with van der Waals surface area (Å²) >= 11 is 0. The van der Waals surface area contributed by atoms with Crippen molar-refractivity contribution in [1.29, 1.82) is 0 Å². The highest BCUT2D eigenvalue weighted by Crippen LogP contribution is 2.22. The van der Waals surface area contributed by atoms with Gasteiger partial charge in [-0.25, -0.2) is 9.59 Å². The van der Waals surface area contributed by atoms with Gasteiger partial charge in [-0.05, 0) is 27.2 Å². The lowest BCUT2D eigenvalue weighted by Gasteiger charge is -2.20. The average molecular weight is 936 g/mol. The van der Waals surface area contributed by atoms with Gasteiger partial charge in [-0.15, -0.1) is 0 Å². The van der Waals surface area contributed by atoms with Crippen LogP contribution in [0.4, 0.5) is 21.9 Å². The molecule has 0 bridgehead atoms. The quantitative estimate of drug-likeness (QED) is 0.0861. The van der Waals surface area contributed by atoms with Gasteiger partial charge in [0.05, 0.1) is 67.6 Å². The first-order valence-corrected chi connectivity index (χ1v) is 20.7. The van der Waals surface area contributed by atoms with Crippen molar-refractivity contribution in [3.63, 3.8) is 0 Å². The third-order valence-electron chi connectivity index (χ3n) is 9.23. The Hall–Kier alpha value is -6.17. The molecule has 6 atom stereocenters. The van der Waals surface area contributed by atoms with Gasteiger partial charge in [0.15, 0.2) is 0 Å². The second kappa shape index (κ2) is 35.1. The van der Waals surface area contributed by atoms with Crippen LogP contribution in [0.1, 0.15) is 48.9 Å². The van der Waals surface area contributed by atoms with E-state index in [9.17, 15) is 44.7 Å². The second-order valence-electron chi connectivity index (χ2n) is 13.7. The van der Waals surface area contributed by atoms with E-state index in [1.807, 2.05) is 20.8 Å². The van der Waals surface area contributed by atoms with Crippen molar-refractivity contribution in [2.24, 2.45) is 0 Å². The van der Waals surface area contributed by atoms with Gasteiger partial charge in [-0.2, -0.15) is 0 Å². The fraction of sp³-hybridized carbons (Fsp3) is 0.523. The Morgan fingerprint density at radius 1 is 0.621 bits per heavy atom. The number of benzene rings is 3. The number of rotatable bonds is 12. The third-order valence-corrected chi connectivity index (χ3v) is 9.23. The number of ether oxygens (including phenoxy) is 6. The number of amides is 1. The predicted octanol–water partition coefficient (Wildman–Crippen LogP) is 5.61. The van der Waals surface area contributed by atoms with Crippen molar-refractivity contribution in [3.8, 4) is 0 Å². The zero-order valence-electron chi connectivity index (χ0n) is 38.6. The van der Waals surface area contributed by atoms with Gasteiger partial charge in [0.2, 0.25) is 0 Å². The summed E-state index contributed by atoms with van der Waals surface area (Å²) in [5.74, 6) is -0.634. The van der Waals surface area contributed by atoms with Crippen LogP contribution < -0.4 is 10.6 Å². The molecule has 0 aromatic heterocycles. The number of para-hydroxylation sites is 3. The Morgan fingerprint density at radius 3 is 1.35 bits per heavy atom. The number of aliphatic hydroxyl groups is 1. The number of nitro groups is 3. The molecule has 3 saturated heterocycles. The van der Waals surface area contributed by atoms with Crippen LogP contribution in [0.2, 0.25) is 0 Å². The molecule has 0 saturated carbocycles. The van der Waals surface area contributed by atoms with Crippen LogP contribution in [0, 0.1) is 30.3 Å². The molecule has 22 heteroatoms. The molecule has 368 valence electrons. The maximum Gasteiger partial charge on any atom is 1.00 e. The van der Waals surface area contributed by atoms with E-state index in [1.54, 1.807) is 54.6 Å². The van der Waals surface area contributed by atoms with E-state index in [2.05, 4.69) is 24.8 Å². The summed E-state index contributed by atoms with van der Waals surface area (Å²) in [6.45, 7) is 10.0. The Morgan fingerprint density at radius 2 is 1.02 bits per heavy atom. The van der Waals surface area contributed by atoms with E-state index >= 15 is 0 Å². The Bertz CT molecular complexity index is 1680. The van der Waals surface area contributed by atoms with E-state index in [0.29, 0.717) is 32.3 Å². The number of carbonyl (C=O) groups excluding carboxylic acids is 3. The lowest BCUT2D eigenvalue weighted by Crippen LogP contribution is -2.41. The standard InChI is InChI=1S/C10H17NO5.C8H15NO3.C7H15NO2.3C6H5NO2.CH4/c1-4-16-7-5-8(9(12)14-2)11(6-7)10(13)15-3;1-3-12-6-4-7(9-5-6)8(10)11-2;1-2-10-7-3-6(5-9)8-4-7;3*8-7(9)6-4-2-1-3-5-6;/h7-8H,4-6H2,1-3H3;6-7,9H,3-5H2,1-2H3;6-9H,2-5H2,1H3;3*1-5H;1H4/p+1. The summed E-state index contributed by atoms with van der Waals surface area (Å²) in [6.07, 6.45) is 1.95. The number of carbonyl (C=O) groups is 3. The van der Waals surface area contributed by atoms with Crippen LogP contribution >= 0.6 is 0 Å². The van der Waals surface area contributed by atoms with Gasteiger partial charge in [-0.3, -0.25) is 40.0 Å². The molecule has 0 aliphatic carbocycles. The molecule has 6 rings (SSSR count). The number of hydrogen-bond donors (Lipinski definition) is 3. The van der Waals surface area contributed by atoms with Crippen LogP contribution in [-0.2, 0) is 38.0 Å². The fourth-order valence-electron chi connectivity index (χ4n) is 6.15. The summed E-state index contributed by atoms with van der Waals surface area (Å²) in [6, 6.07) is 23.3. The third kappa shape index (κ3) is 23.7. The number of nitrogens with one attached hydrogen (secondary N) is 2. The van der Waals surface area contributed by atoms with Crippen molar-refractivity contribution in [1.82, 2.24) is 15.5 Å². The monoisotopic (exact) mass is 935 g/mol. The number of non-ortho nitro benzene ring substituents is 3. The molecule has 0 spiro atoms. The molecule has 3 aliphatic rings. The van der Waals surface area contributed by atoms with Gasteiger partial charge < -0.3 is 44.2 Å². The van der Waals surface area contributed by atoms with Gasteiger partial charge in [0, 0.05) is 88.2 Å². The highest BCUT2D eigenvalue weighted by atomic mass is 16.6. The molecule has 66 heavy (non-hydrogen) atoms. The molecule has 3 aliphatic heterocycles. The molecule has 3 heterocycles. The molecular weight excluding hydrogens is 869 g/mol. The summed E-state index contributed by atoms with van der Waals surface area (Å²) in [5, 5.41) is 45.0. The number of hydrogen-bond acceptors (Lipinski definition) is 18. The predicted molar refractivity (Wildman–Crippen MR) is 245 cm³/mol. The van der Waals surface area contributed by atoms with Crippen molar-refractivity contribution in [3.05, 3.63) is 121 Å². The lowest BCUT2D eigenvalue weighted by atomic mass is 10.2. The van der Waals surface area contributed by atoms with E-state index in [4.69, 9.17) is 19.3 Å². The SMILES string of the molecule is C.CCOC1CC(C(=O)OC)N(C(=O)OC)C1.CCOC1CNC(C(=O)OC)C1.CCOC1CNC(CO)C1.O=[N+]([O-])c1ccccc1.O=[N+]([O-])c1ccccc1.O=[N+]([O-])c1ccccc1.[H+]. The van der Waals surface area contributed by atoms with Crippen molar-refractivity contribution >= 4 is 35.1 Å². The van der Waals surface area contributed by atoms with Crippen LogP contribution in [0.25, 0.3) is 0 Å². The lowest BCUT2D eigenvalue weighted by molar-refractivity contribution is -0.385. The molecule has 1 amide bonds. The minimum Gasteiger partial charge on any atom is -0.468 e. The highest BCUT2D eigenvalue weighted by Gasteiger charge is 2.41. The molecule has 0 radical (unpaired) electrons. The normalized spacial score (nSPS) is 19.8. The number of methoxy groups -OCH3 is 3. The van der Waals surface area contributed by atoms with Gasteiger partial charge in [0.1, 0.15) is 12.1 Å². The largest absolute Gasteiger partial charge is 1.00 e. The first-order valence-electron chi connectivity index (χ1n) is 20.7. The van der Waals surface area contributed by atoms with Gasteiger partial charge in [0.25, 0.3) is 17.1 Å². The number of aliphatic hydroxyl groups excluding tert-OH is 1. The van der Waals surface area contributed by atoms with Gasteiger partial charge in [-0.1, -0.05) is 62.0 Å². The molecular formula is C44H67N6O16+. The number of nitro benzene ring substituents is 3. The zero-order valence-corrected chi connectivity index (χ0v) is 37.6. The number of nitrogens with zero attached hydrogens (tertiary/aromatic N) is 4. The Labute approximate surface area is 386 Å². The molecule has 3 aromatic carbocycles. The summed E-state index contributed by atoms with van der Waals surface area (Å²) < 4.78 is 30.0. The van der Waals surface area contributed by atoms with Crippen molar-refractivity contribution in [2.75, 3.05) is 67.4 Å². The molecule has 22 nitrogen and oxygen atoms in total. The van der Waals surface area contributed by atoms with Crippen LogP contribution in [0.15, 0.2) is 91.0 Å². The Kier molecular flexibility index (Phi) is 31.9. The molecule has 3 N–H and O–H groups in total. The fourth-order valence-corrected chi connectivity index (χ4v) is 6.15. The number of likely N-dealkylation sites (tertiary alicyclic amines) is 1. The first-order chi connectivity index (χ1) is 31.2. The Balaban J connectivity index is 0. The van der Waals surface area contributed by atoms with Crippen LogP contribution in [0.5, 0.6) is 0 Å². The smallest absolute Gasteiger partial charge is 0.468 e. The molecule has 3 fully saturated rings. The van der Waals surface area contributed by atoms with E-state index in [-0.39, 0.29) is 62.8 Å². The maximum atomic E-state index is 11.5. The summed E-state index contributed by atoms with van der Waals surface area (Å²) in [4.78, 5) is 64.0.